The van der Waals surface area contributed by atoms with Gasteiger partial charge >= 0.3 is 0 Å². The van der Waals surface area contributed by atoms with Gasteiger partial charge in [-0.05, 0) is 11.1 Å². The molecule has 0 nitrogen and oxygen atoms in total. The highest BCUT2D eigenvalue weighted by atomic mass is 28.3. The van der Waals surface area contributed by atoms with Gasteiger partial charge in [0.25, 0.3) is 0 Å². The molecule has 0 atom stereocenters. The summed E-state index contributed by atoms with van der Waals surface area (Å²) < 4.78 is 0. The van der Waals surface area contributed by atoms with Gasteiger partial charge in [0, 0.05) is 0 Å². The van der Waals surface area contributed by atoms with E-state index in [9.17, 15) is 0 Å². The van der Waals surface area contributed by atoms with Gasteiger partial charge in [0.1, 0.15) is 0 Å². The molecule has 0 bridgehead atoms. The van der Waals surface area contributed by atoms with E-state index < -0.39 is 8.07 Å². The highest BCUT2D eigenvalue weighted by Gasteiger charge is 2.23. The van der Waals surface area contributed by atoms with E-state index >= 15 is 0 Å². The van der Waals surface area contributed by atoms with E-state index in [0.717, 1.165) is 0 Å². The zero-order valence-corrected chi connectivity index (χ0v) is 15.1. The molecule has 0 heterocycles. The number of hydrogen-bond acceptors (Lipinski definition) is 0. The molecule has 0 saturated heterocycles. The lowest BCUT2D eigenvalue weighted by molar-refractivity contribution is 1.11. The summed E-state index contributed by atoms with van der Waals surface area (Å²) in [5.74, 6) is 0. The molecule has 2 aromatic carbocycles. The third-order valence-corrected chi connectivity index (χ3v) is 10.9. The molecule has 0 spiro atoms. The molecule has 0 radical (unpaired) electrons. The van der Waals surface area contributed by atoms with Crippen LogP contribution < -0.4 is 0 Å². The molecular formula is C20H30Si. The molecule has 0 aromatic heterocycles. The molecule has 21 heavy (non-hydrogen) atoms. The molecule has 0 fully saturated rings. The van der Waals surface area contributed by atoms with E-state index in [0.29, 0.717) is 0 Å². The molecule has 0 aliphatic rings. The topological polar surface area (TPSA) is 0 Å². The van der Waals surface area contributed by atoms with Crippen molar-refractivity contribution in [1.29, 1.82) is 0 Å². The first-order chi connectivity index (χ1) is 10.2. The predicted octanol–water partition coefficient (Wildman–Crippen LogP) is 6.87. The van der Waals surface area contributed by atoms with Crippen molar-refractivity contribution in [2.75, 3.05) is 0 Å². The Hall–Kier alpha value is -1.34. The Balaban J connectivity index is 0.000000222. The van der Waals surface area contributed by atoms with Crippen LogP contribution in [0.2, 0.25) is 24.2 Å². The fraction of sp³-hybridized carbons (Fsp3) is 0.400. The number of hydrogen-bond donors (Lipinski definition) is 0. The van der Waals surface area contributed by atoms with Crippen molar-refractivity contribution in [3.8, 4) is 11.1 Å². The van der Waals surface area contributed by atoms with Gasteiger partial charge in [-0.1, -0.05) is 113 Å². The van der Waals surface area contributed by atoms with Crippen LogP contribution >= 0.6 is 0 Å². The van der Waals surface area contributed by atoms with Crippen LogP contribution in [0.4, 0.5) is 0 Å². The maximum Gasteiger partial charge on any atom is 0.0524 e. The summed E-state index contributed by atoms with van der Waals surface area (Å²) in [5.41, 5.74) is 2.55. The predicted molar refractivity (Wildman–Crippen MR) is 99.6 cm³/mol. The van der Waals surface area contributed by atoms with Crippen LogP contribution in [-0.4, -0.2) is 8.07 Å². The Morgan fingerprint density at radius 2 is 0.810 bits per heavy atom. The summed E-state index contributed by atoms with van der Waals surface area (Å²) in [6.45, 7) is 9.46. The van der Waals surface area contributed by atoms with Gasteiger partial charge in [-0.15, -0.1) is 0 Å². The van der Waals surface area contributed by atoms with Gasteiger partial charge < -0.3 is 0 Å². The standard InChI is InChI=1S/C12H10.C8H20Si/c1-3-7-11(8-4-1)12-9-5-2-6-10-12;1-5-9(6-2,7-3)8-4/h1-10H;5-8H2,1-4H3. The molecule has 2 rings (SSSR count). The van der Waals surface area contributed by atoms with Crippen molar-refractivity contribution in [3.05, 3.63) is 60.7 Å². The highest BCUT2D eigenvalue weighted by Crippen LogP contribution is 2.23. The molecule has 1 heteroatoms. The largest absolute Gasteiger partial charge is 0.0678 e. The third kappa shape index (κ3) is 5.51. The zero-order chi connectivity index (χ0) is 15.6. The van der Waals surface area contributed by atoms with E-state index in [4.69, 9.17) is 0 Å². The van der Waals surface area contributed by atoms with Crippen molar-refractivity contribution in [3.63, 3.8) is 0 Å². The number of benzene rings is 2. The van der Waals surface area contributed by atoms with Crippen LogP contribution in [0.1, 0.15) is 27.7 Å². The Kier molecular flexibility index (Phi) is 8.07. The second-order valence-electron chi connectivity index (χ2n) is 5.65. The first-order valence-corrected chi connectivity index (χ1v) is 11.1. The maximum absolute atomic E-state index is 2.36. The van der Waals surface area contributed by atoms with Crippen LogP contribution in [0.3, 0.4) is 0 Å². The second kappa shape index (κ2) is 9.57. The minimum absolute atomic E-state index is 0.691. The van der Waals surface area contributed by atoms with Crippen LogP contribution in [0.15, 0.2) is 60.7 Å². The minimum Gasteiger partial charge on any atom is -0.0678 e. The van der Waals surface area contributed by atoms with E-state index in [1.807, 2.05) is 12.1 Å². The van der Waals surface area contributed by atoms with Gasteiger partial charge in [-0.25, -0.2) is 0 Å². The SMILES string of the molecule is CC[Si](CC)(CC)CC.c1ccc(-c2ccccc2)cc1. The van der Waals surface area contributed by atoms with Crippen molar-refractivity contribution in [2.24, 2.45) is 0 Å². The average Bonchev–Trinajstić information content (AvgIpc) is 2.60. The smallest absolute Gasteiger partial charge is 0.0524 e. The van der Waals surface area contributed by atoms with Crippen LogP contribution in [0.5, 0.6) is 0 Å². The highest BCUT2D eigenvalue weighted by molar-refractivity contribution is 6.79. The van der Waals surface area contributed by atoms with Crippen molar-refractivity contribution >= 4 is 8.07 Å². The quantitative estimate of drug-likeness (QED) is 0.528. The summed E-state index contributed by atoms with van der Waals surface area (Å²) in [5, 5.41) is 0. The van der Waals surface area contributed by atoms with Gasteiger partial charge in [-0.2, -0.15) is 0 Å². The van der Waals surface area contributed by atoms with Crippen molar-refractivity contribution < 1.29 is 0 Å². The fourth-order valence-electron chi connectivity index (χ4n) is 2.76. The van der Waals surface area contributed by atoms with E-state index in [2.05, 4.69) is 76.2 Å². The van der Waals surface area contributed by atoms with Gasteiger partial charge in [0.15, 0.2) is 0 Å². The second-order valence-corrected chi connectivity index (χ2v) is 11.5. The summed E-state index contributed by atoms with van der Waals surface area (Å²) in [7, 11) is -0.691. The van der Waals surface area contributed by atoms with Crippen molar-refractivity contribution in [2.45, 2.75) is 51.9 Å². The van der Waals surface area contributed by atoms with Gasteiger partial charge in [0.05, 0.1) is 8.07 Å². The fourth-order valence-corrected chi connectivity index (χ4v) is 5.76. The molecular weight excluding hydrogens is 268 g/mol. The van der Waals surface area contributed by atoms with E-state index in [1.165, 1.54) is 35.3 Å². The Labute approximate surface area is 132 Å². The Morgan fingerprint density at radius 1 is 0.524 bits per heavy atom. The Morgan fingerprint density at radius 3 is 1.00 bits per heavy atom. The summed E-state index contributed by atoms with van der Waals surface area (Å²) in [4.78, 5) is 0. The van der Waals surface area contributed by atoms with Crippen molar-refractivity contribution in [1.82, 2.24) is 0 Å². The molecule has 0 aliphatic carbocycles. The lowest BCUT2D eigenvalue weighted by Gasteiger charge is -2.25. The molecule has 0 N–H and O–H groups in total. The molecule has 114 valence electrons. The lowest BCUT2D eigenvalue weighted by atomic mass is 10.1. The molecule has 0 amide bonds. The van der Waals surface area contributed by atoms with Crippen LogP contribution in [-0.2, 0) is 0 Å². The third-order valence-electron chi connectivity index (χ3n) is 4.88. The molecule has 0 saturated carbocycles. The minimum atomic E-state index is -0.691. The zero-order valence-electron chi connectivity index (χ0n) is 14.1. The maximum atomic E-state index is 2.36. The van der Waals surface area contributed by atoms with Gasteiger partial charge in [0.2, 0.25) is 0 Å². The van der Waals surface area contributed by atoms with Crippen LogP contribution in [0.25, 0.3) is 11.1 Å². The average molecular weight is 299 g/mol. The van der Waals surface area contributed by atoms with E-state index in [-0.39, 0.29) is 0 Å². The summed E-state index contributed by atoms with van der Waals surface area (Å²) >= 11 is 0. The first-order valence-electron chi connectivity index (χ1n) is 8.31. The molecule has 0 unspecified atom stereocenters. The summed E-state index contributed by atoms with van der Waals surface area (Å²) in [6, 6.07) is 26.7. The molecule has 2 aromatic rings. The van der Waals surface area contributed by atoms with Gasteiger partial charge in [-0.3, -0.25) is 0 Å². The normalized spacial score (nSPS) is 10.7. The summed E-state index contributed by atoms with van der Waals surface area (Å²) in [6.07, 6.45) is 0. The number of rotatable bonds is 5. The Bertz CT molecular complexity index is 417. The monoisotopic (exact) mass is 298 g/mol. The molecule has 0 aliphatic heterocycles. The lowest BCUT2D eigenvalue weighted by Crippen LogP contribution is -2.29. The van der Waals surface area contributed by atoms with Crippen LogP contribution in [0, 0.1) is 0 Å². The van der Waals surface area contributed by atoms with E-state index in [1.54, 1.807) is 0 Å². The first kappa shape index (κ1) is 17.7.